The standard InChI is InChI=1S/C22H35BrO/c1-13-4-6-16-15(10-13)5-7-18-17(16)8-9-22(3)19(20(24)12-23)11-14(2)21(18)22/h13-19,21H,4-12H2,1-3H3. The molecule has 0 aromatic heterocycles. The van der Waals surface area contributed by atoms with Crippen molar-refractivity contribution in [3.05, 3.63) is 0 Å². The van der Waals surface area contributed by atoms with Crippen molar-refractivity contribution in [2.45, 2.75) is 72.1 Å². The average molecular weight is 395 g/mol. The summed E-state index contributed by atoms with van der Waals surface area (Å²) in [6, 6.07) is 0. The van der Waals surface area contributed by atoms with Crippen LogP contribution in [-0.2, 0) is 4.79 Å². The number of ketones is 1. The Labute approximate surface area is 156 Å². The zero-order valence-corrected chi connectivity index (χ0v) is 17.4. The van der Waals surface area contributed by atoms with Gasteiger partial charge in [0.25, 0.3) is 0 Å². The molecule has 0 amide bonds. The van der Waals surface area contributed by atoms with E-state index in [0.29, 0.717) is 22.4 Å². The highest BCUT2D eigenvalue weighted by atomic mass is 79.9. The Bertz CT molecular complexity index is 502. The van der Waals surface area contributed by atoms with Gasteiger partial charge in [-0.2, -0.15) is 0 Å². The number of hydrogen-bond acceptors (Lipinski definition) is 1. The SMILES string of the molecule is CC1CCC2C(CCC3C2CCC2(C)C(C(=O)CBr)CC(C)C32)C1. The monoisotopic (exact) mass is 394 g/mol. The summed E-state index contributed by atoms with van der Waals surface area (Å²) in [5, 5.41) is 0.559. The highest BCUT2D eigenvalue weighted by Crippen LogP contribution is 2.66. The normalized spacial score (nSPS) is 53.8. The second kappa shape index (κ2) is 6.39. The second-order valence-corrected chi connectivity index (χ2v) is 10.7. The summed E-state index contributed by atoms with van der Waals surface area (Å²) in [6.45, 7) is 7.41. The molecule has 4 rings (SSSR count). The van der Waals surface area contributed by atoms with Gasteiger partial charge in [0.1, 0.15) is 5.78 Å². The lowest BCUT2D eigenvalue weighted by atomic mass is 9.48. The predicted octanol–water partition coefficient (Wildman–Crippen LogP) is 6.10. The third-order valence-electron chi connectivity index (χ3n) is 9.05. The zero-order valence-electron chi connectivity index (χ0n) is 15.8. The van der Waals surface area contributed by atoms with Crippen molar-refractivity contribution in [2.24, 2.45) is 52.8 Å². The van der Waals surface area contributed by atoms with Crippen LogP contribution in [0, 0.1) is 52.8 Å². The zero-order chi connectivity index (χ0) is 17.1. The Balaban J connectivity index is 1.59. The first-order valence-electron chi connectivity index (χ1n) is 10.5. The molecule has 0 aliphatic heterocycles. The fourth-order valence-corrected chi connectivity index (χ4v) is 8.61. The van der Waals surface area contributed by atoms with Crippen LogP contribution in [0.4, 0.5) is 0 Å². The minimum absolute atomic E-state index is 0.292. The predicted molar refractivity (Wildman–Crippen MR) is 103 cm³/mol. The summed E-state index contributed by atoms with van der Waals surface area (Å²) in [5.41, 5.74) is 0.292. The molecule has 0 N–H and O–H groups in total. The first kappa shape index (κ1) is 17.6. The van der Waals surface area contributed by atoms with Crippen LogP contribution in [-0.4, -0.2) is 11.1 Å². The molecule has 4 fully saturated rings. The van der Waals surface area contributed by atoms with E-state index in [9.17, 15) is 4.79 Å². The van der Waals surface area contributed by atoms with Gasteiger partial charge in [0.15, 0.2) is 0 Å². The third-order valence-corrected chi connectivity index (χ3v) is 9.60. The quantitative estimate of drug-likeness (QED) is 0.516. The summed E-state index contributed by atoms with van der Waals surface area (Å²) in [4.78, 5) is 12.6. The molecule has 0 bridgehead atoms. The first-order valence-corrected chi connectivity index (χ1v) is 11.7. The Morgan fingerprint density at radius 2 is 1.75 bits per heavy atom. The maximum absolute atomic E-state index is 12.6. The molecule has 24 heavy (non-hydrogen) atoms. The minimum atomic E-state index is 0.292. The molecule has 4 aliphatic carbocycles. The molecule has 0 aromatic rings. The van der Waals surface area contributed by atoms with Gasteiger partial charge in [0, 0.05) is 5.92 Å². The maximum Gasteiger partial charge on any atom is 0.147 e. The molecule has 1 nitrogen and oxygen atoms in total. The molecule has 0 saturated heterocycles. The molecule has 0 spiro atoms. The van der Waals surface area contributed by atoms with Gasteiger partial charge in [0.2, 0.25) is 0 Å². The van der Waals surface area contributed by atoms with E-state index in [-0.39, 0.29) is 0 Å². The van der Waals surface area contributed by atoms with Crippen LogP contribution < -0.4 is 0 Å². The summed E-state index contributed by atoms with van der Waals surface area (Å²) < 4.78 is 0. The number of carbonyl (C=O) groups is 1. The van der Waals surface area contributed by atoms with Gasteiger partial charge in [0.05, 0.1) is 5.33 Å². The van der Waals surface area contributed by atoms with Crippen LogP contribution in [0.3, 0.4) is 0 Å². The number of fused-ring (bicyclic) bond motifs is 5. The lowest BCUT2D eigenvalue weighted by Crippen LogP contribution is -2.50. The smallest absolute Gasteiger partial charge is 0.147 e. The fourth-order valence-electron chi connectivity index (χ4n) is 8.22. The lowest BCUT2D eigenvalue weighted by molar-refractivity contribution is -0.128. The number of Topliss-reactive ketones (excluding diaryl/α,β-unsaturated/α-hetero) is 1. The van der Waals surface area contributed by atoms with Crippen molar-refractivity contribution in [2.75, 3.05) is 5.33 Å². The third kappa shape index (κ3) is 2.57. The van der Waals surface area contributed by atoms with Crippen molar-refractivity contribution in [3.8, 4) is 0 Å². The largest absolute Gasteiger partial charge is 0.298 e. The summed E-state index contributed by atoms with van der Waals surface area (Å²) in [5.74, 6) is 7.25. The molecular formula is C22H35BrO. The summed E-state index contributed by atoms with van der Waals surface area (Å²) >= 11 is 3.46. The number of hydrogen-bond donors (Lipinski definition) is 0. The molecule has 136 valence electrons. The van der Waals surface area contributed by atoms with Crippen LogP contribution in [0.15, 0.2) is 0 Å². The Hall–Kier alpha value is 0.150. The fraction of sp³-hybridized carbons (Fsp3) is 0.955. The van der Waals surface area contributed by atoms with E-state index < -0.39 is 0 Å². The molecule has 2 heteroatoms. The molecule has 9 atom stereocenters. The number of rotatable bonds is 2. The maximum atomic E-state index is 12.6. The van der Waals surface area contributed by atoms with Crippen molar-refractivity contribution < 1.29 is 4.79 Å². The van der Waals surface area contributed by atoms with Gasteiger partial charge in [-0.15, -0.1) is 0 Å². The van der Waals surface area contributed by atoms with E-state index in [0.717, 1.165) is 47.8 Å². The molecular weight excluding hydrogens is 360 g/mol. The van der Waals surface area contributed by atoms with Crippen molar-refractivity contribution in [3.63, 3.8) is 0 Å². The topological polar surface area (TPSA) is 17.1 Å². The molecule has 9 unspecified atom stereocenters. The Morgan fingerprint density at radius 1 is 1.00 bits per heavy atom. The lowest BCUT2D eigenvalue weighted by Gasteiger charge is -2.56. The molecule has 0 radical (unpaired) electrons. The van der Waals surface area contributed by atoms with E-state index in [1.54, 1.807) is 0 Å². The van der Waals surface area contributed by atoms with Gasteiger partial charge in [-0.25, -0.2) is 0 Å². The van der Waals surface area contributed by atoms with Crippen molar-refractivity contribution in [1.29, 1.82) is 0 Å². The number of carbonyl (C=O) groups excluding carboxylic acids is 1. The molecule has 4 saturated carbocycles. The van der Waals surface area contributed by atoms with Gasteiger partial charge in [-0.05, 0) is 91.8 Å². The molecule has 0 heterocycles. The Morgan fingerprint density at radius 3 is 2.50 bits per heavy atom. The van der Waals surface area contributed by atoms with E-state index >= 15 is 0 Å². The highest BCUT2D eigenvalue weighted by molar-refractivity contribution is 9.09. The highest BCUT2D eigenvalue weighted by Gasteiger charge is 2.60. The minimum Gasteiger partial charge on any atom is -0.298 e. The van der Waals surface area contributed by atoms with Crippen LogP contribution >= 0.6 is 15.9 Å². The van der Waals surface area contributed by atoms with E-state index in [4.69, 9.17) is 0 Å². The van der Waals surface area contributed by atoms with Crippen LogP contribution in [0.25, 0.3) is 0 Å². The molecule has 4 aliphatic rings. The van der Waals surface area contributed by atoms with Gasteiger partial charge < -0.3 is 0 Å². The van der Waals surface area contributed by atoms with E-state index in [1.165, 1.54) is 44.9 Å². The van der Waals surface area contributed by atoms with Crippen LogP contribution in [0.2, 0.25) is 0 Å². The summed E-state index contributed by atoms with van der Waals surface area (Å²) in [7, 11) is 0. The Kier molecular flexibility index (Phi) is 4.68. The second-order valence-electron chi connectivity index (χ2n) is 10.2. The van der Waals surface area contributed by atoms with Crippen LogP contribution in [0.1, 0.15) is 72.1 Å². The van der Waals surface area contributed by atoms with Crippen LogP contribution in [0.5, 0.6) is 0 Å². The van der Waals surface area contributed by atoms with Gasteiger partial charge in [-0.3, -0.25) is 4.79 Å². The summed E-state index contributed by atoms with van der Waals surface area (Å²) in [6.07, 6.45) is 11.3. The number of halogens is 1. The van der Waals surface area contributed by atoms with Gasteiger partial charge >= 0.3 is 0 Å². The molecule has 0 aromatic carbocycles. The van der Waals surface area contributed by atoms with Crippen molar-refractivity contribution >= 4 is 21.7 Å². The first-order chi connectivity index (χ1) is 11.5. The van der Waals surface area contributed by atoms with E-state index in [1.807, 2.05) is 0 Å². The average Bonchev–Trinajstić information content (AvgIpc) is 2.85. The number of alkyl halides is 1. The van der Waals surface area contributed by atoms with Gasteiger partial charge in [-0.1, -0.05) is 43.1 Å². The van der Waals surface area contributed by atoms with E-state index in [2.05, 4.69) is 36.7 Å². The van der Waals surface area contributed by atoms with Crippen molar-refractivity contribution in [1.82, 2.24) is 0 Å².